The van der Waals surface area contributed by atoms with Crippen molar-refractivity contribution in [1.82, 2.24) is 34.3 Å². The first-order valence-corrected chi connectivity index (χ1v) is 15.1. The van der Waals surface area contributed by atoms with Gasteiger partial charge in [-0.15, -0.1) is 21.5 Å². The van der Waals surface area contributed by atoms with E-state index in [0.29, 0.717) is 46.1 Å². The molecular weight excluding hydrogens is 600 g/mol. The Bertz CT molecular complexity index is 2120. The number of aliphatic hydroxyl groups excluding tert-OH is 1. The van der Waals surface area contributed by atoms with Crippen LogP contribution in [0.4, 0.5) is 8.78 Å². The fourth-order valence-electron chi connectivity index (χ4n) is 5.75. The predicted octanol–water partition coefficient (Wildman–Crippen LogP) is 5.66. The Labute approximate surface area is 259 Å². The van der Waals surface area contributed by atoms with E-state index in [0.717, 1.165) is 28.8 Å². The van der Waals surface area contributed by atoms with Gasteiger partial charge in [-0.3, -0.25) is 13.9 Å². The Kier molecular flexibility index (Phi) is 7.13. The number of hydrogen-bond acceptors (Lipinski definition) is 8. The van der Waals surface area contributed by atoms with Crippen molar-refractivity contribution < 1.29 is 23.4 Å². The maximum absolute atomic E-state index is 16.0. The first kappa shape index (κ1) is 28.7. The summed E-state index contributed by atoms with van der Waals surface area (Å²) in [7, 11) is 0. The zero-order valence-corrected chi connectivity index (χ0v) is 25.1. The second kappa shape index (κ2) is 11.2. The van der Waals surface area contributed by atoms with E-state index in [1.54, 1.807) is 15.6 Å². The number of benzene rings is 1. The normalized spacial score (nSPS) is 15.4. The van der Waals surface area contributed by atoms with Gasteiger partial charge in [-0.1, -0.05) is 6.58 Å². The molecule has 45 heavy (non-hydrogen) atoms. The highest BCUT2D eigenvalue weighted by molar-refractivity contribution is 7.18. The highest BCUT2D eigenvalue weighted by Gasteiger charge is 2.30. The molecule has 0 saturated carbocycles. The van der Waals surface area contributed by atoms with Gasteiger partial charge >= 0.3 is 0 Å². The van der Waals surface area contributed by atoms with E-state index in [-0.39, 0.29) is 29.9 Å². The van der Waals surface area contributed by atoms with Crippen molar-refractivity contribution >= 4 is 33.0 Å². The third kappa shape index (κ3) is 5.03. The minimum Gasteiger partial charge on any atom is -0.490 e. The van der Waals surface area contributed by atoms with Crippen molar-refractivity contribution in [3.63, 3.8) is 0 Å². The van der Waals surface area contributed by atoms with Crippen molar-refractivity contribution in [2.75, 3.05) is 13.2 Å². The first-order valence-electron chi connectivity index (χ1n) is 14.2. The highest BCUT2D eigenvalue weighted by Crippen LogP contribution is 2.47. The summed E-state index contributed by atoms with van der Waals surface area (Å²) >= 11 is 1.39. The van der Waals surface area contributed by atoms with Gasteiger partial charge < -0.3 is 14.7 Å². The maximum Gasteiger partial charge on any atom is 0.246 e. The standard InChI is InChI=1S/C32H27F2N7O3S/c1-4-27(43)39-12-17(2)41-21(14-39)11-24(38-41)31-29(28-23(34)9-20(33)10-25(28)44-15-18(3)42)32-22(7-8-45-32)30(36-31)19-5-6-26-37-35-16-40(26)13-19/h4-11,13,16-18,42H,1,12,14-15H2,2-3H3/t17-,18+/m0/s1. The largest absolute Gasteiger partial charge is 0.490 e. The third-order valence-corrected chi connectivity index (χ3v) is 8.65. The number of rotatable bonds is 7. The molecule has 0 spiro atoms. The van der Waals surface area contributed by atoms with E-state index in [1.165, 1.54) is 24.3 Å². The number of nitrogens with zero attached hydrogens (tertiary/aromatic N) is 7. The topological polar surface area (TPSA) is 111 Å². The summed E-state index contributed by atoms with van der Waals surface area (Å²) in [5.74, 6) is -1.91. The van der Waals surface area contributed by atoms with Crippen LogP contribution < -0.4 is 4.74 Å². The van der Waals surface area contributed by atoms with Crippen molar-refractivity contribution in [3.05, 3.63) is 84.3 Å². The van der Waals surface area contributed by atoms with Gasteiger partial charge in [0.25, 0.3) is 0 Å². The SMILES string of the molecule is C=CC(=O)N1Cc2cc(-c3nc(-c4ccc5nncn5c4)c4ccsc4c3-c3c(F)cc(F)cc3OC[C@@H](C)O)nn2[C@@H](C)C1. The zero-order valence-electron chi connectivity index (χ0n) is 24.3. The van der Waals surface area contributed by atoms with Gasteiger partial charge in [-0.05, 0) is 49.6 Å². The summed E-state index contributed by atoms with van der Waals surface area (Å²) in [5, 5.41) is 25.5. The van der Waals surface area contributed by atoms with Crippen LogP contribution in [-0.2, 0) is 11.3 Å². The van der Waals surface area contributed by atoms with Gasteiger partial charge in [0.1, 0.15) is 41.7 Å². The molecule has 228 valence electrons. The van der Waals surface area contributed by atoms with E-state index in [1.807, 2.05) is 47.4 Å². The number of amides is 1. The second-order valence-electron chi connectivity index (χ2n) is 11.0. The molecule has 0 bridgehead atoms. The smallest absolute Gasteiger partial charge is 0.246 e. The number of aliphatic hydroxyl groups is 1. The molecule has 0 unspecified atom stereocenters. The summed E-state index contributed by atoms with van der Waals surface area (Å²) in [6.07, 6.45) is 3.88. The van der Waals surface area contributed by atoms with Crippen LogP contribution in [0.3, 0.4) is 0 Å². The number of carbonyl (C=O) groups excluding carboxylic acids is 1. The van der Waals surface area contributed by atoms with E-state index in [9.17, 15) is 14.3 Å². The number of halogens is 2. The molecule has 0 saturated heterocycles. The fourth-order valence-corrected chi connectivity index (χ4v) is 6.70. The van der Waals surface area contributed by atoms with Crippen LogP contribution in [0.25, 0.3) is 49.5 Å². The molecule has 1 aliphatic rings. The Balaban J connectivity index is 1.51. The minimum absolute atomic E-state index is 0.00953. The zero-order chi connectivity index (χ0) is 31.4. The second-order valence-corrected chi connectivity index (χ2v) is 11.9. The average molecular weight is 628 g/mol. The van der Waals surface area contributed by atoms with Crippen LogP contribution in [0.15, 0.2) is 67.0 Å². The third-order valence-electron chi connectivity index (χ3n) is 7.72. The molecule has 0 aliphatic carbocycles. The van der Waals surface area contributed by atoms with E-state index in [2.05, 4.69) is 16.8 Å². The molecule has 6 heterocycles. The number of thiophene rings is 1. The number of pyridine rings is 2. The first-order chi connectivity index (χ1) is 21.7. The molecule has 7 rings (SSSR count). The van der Waals surface area contributed by atoms with Gasteiger partial charge in [0.15, 0.2) is 5.65 Å². The predicted molar refractivity (Wildman–Crippen MR) is 166 cm³/mol. The fraction of sp³-hybridized carbons (Fsp3) is 0.219. The van der Waals surface area contributed by atoms with Crippen LogP contribution in [-0.4, -0.2) is 64.5 Å². The number of hydrogen-bond donors (Lipinski definition) is 1. The van der Waals surface area contributed by atoms with E-state index in [4.69, 9.17) is 14.8 Å². The van der Waals surface area contributed by atoms with Gasteiger partial charge in [-0.25, -0.2) is 13.8 Å². The molecule has 1 aromatic carbocycles. The number of aromatic nitrogens is 6. The van der Waals surface area contributed by atoms with Gasteiger partial charge in [0.2, 0.25) is 5.91 Å². The lowest BCUT2D eigenvalue weighted by molar-refractivity contribution is -0.127. The molecule has 10 nitrogen and oxygen atoms in total. The molecule has 2 atom stereocenters. The molecule has 1 amide bonds. The minimum atomic E-state index is -0.874. The summed E-state index contributed by atoms with van der Waals surface area (Å²) in [5.41, 5.74) is 4.03. The van der Waals surface area contributed by atoms with E-state index >= 15 is 4.39 Å². The molecule has 6 aromatic rings. The Morgan fingerprint density at radius 3 is 2.87 bits per heavy atom. The summed E-state index contributed by atoms with van der Waals surface area (Å²) in [6, 6.07) is 9.24. The van der Waals surface area contributed by atoms with E-state index < -0.39 is 17.7 Å². The Morgan fingerprint density at radius 1 is 1.22 bits per heavy atom. The molecule has 5 aromatic heterocycles. The van der Waals surface area contributed by atoms with Gasteiger partial charge in [0, 0.05) is 46.1 Å². The van der Waals surface area contributed by atoms with Gasteiger partial charge in [-0.2, -0.15) is 5.10 Å². The monoisotopic (exact) mass is 627 g/mol. The van der Waals surface area contributed by atoms with Crippen molar-refractivity contribution in [2.45, 2.75) is 32.5 Å². The van der Waals surface area contributed by atoms with Crippen molar-refractivity contribution in [3.8, 4) is 39.5 Å². The summed E-state index contributed by atoms with van der Waals surface area (Å²) in [4.78, 5) is 19.3. The van der Waals surface area contributed by atoms with Crippen LogP contribution in [0, 0.1) is 11.6 Å². The lowest BCUT2D eigenvalue weighted by Gasteiger charge is -2.31. The highest BCUT2D eigenvalue weighted by atomic mass is 32.1. The Hall–Kier alpha value is -5.01. The summed E-state index contributed by atoms with van der Waals surface area (Å²) in [6.45, 7) is 7.68. The van der Waals surface area contributed by atoms with Crippen LogP contribution >= 0.6 is 11.3 Å². The molecule has 0 radical (unpaired) electrons. The van der Waals surface area contributed by atoms with Gasteiger partial charge in [0.05, 0.1) is 35.6 Å². The van der Waals surface area contributed by atoms with Crippen LogP contribution in [0.2, 0.25) is 0 Å². The quantitative estimate of drug-likeness (QED) is 0.227. The van der Waals surface area contributed by atoms with Crippen LogP contribution in [0.1, 0.15) is 25.6 Å². The molecule has 0 fully saturated rings. The van der Waals surface area contributed by atoms with Crippen molar-refractivity contribution in [1.29, 1.82) is 0 Å². The number of fused-ring (bicyclic) bond motifs is 3. The number of carbonyl (C=O) groups is 1. The number of ether oxygens (including phenoxy) is 1. The van der Waals surface area contributed by atoms with Crippen molar-refractivity contribution in [2.24, 2.45) is 0 Å². The van der Waals surface area contributed by atoms with Crippen LogP contribution in [0.5, 0.6) is 5.75 Å². The Morgan fingerprint density at radius 2 is 2.07 bits per heavy atom. The molecule has 1 aliphatic heterocycles. The average Bonchev–Trinajstić information content (AvgIpc) is 3.78. The lowest BCUT2D eigenvalue weighted by atomic mass is 9.96. The summed E-state index contributed by atoms with van der Waals surface area (Å²) < 4.78 is 40.7. The molecule has 13 heteroatoms. The molecule has 1 N–H and O–H groups in total. The molecular formula is C32H27F2N7O3S. The maximum atomic E-state index is 16.0. The lowest BCUT2D eigenvalue weighted by Crippen LogP contribution is -2.39.